The van der Waals surface area contributed by atoms with Gasteiger partial charge < -0.3 is 35.8 Å². The van der Waals surface area contributed by atoms with Gasteiger partial charge in [0.1, 0.15) is 25.1 Å². The zero-order valence-corrected chi connectivity index (χ0v) is 30.1. The van der Waals surface area contributed by atoms with E-state index in [1.54, 1.807) is 42.7 Å². The molecule has 1 aliphatic carbocycles. The van der Waals surface area contributed by atoms with Gasteiger partial charge in [0.15, 0.2) is 0 Å². The topological polar surface area (TPSA) is 164 Å². The molecule has 1 aliphatic rings. The quantitative estimate of drug-likeness (QED) is 0.0462. The number of halogens is 3. The molecule has 1 aromatic heterocycles. The second-order valence-corrected chi connectivity index (χ2v) is 13.6. The summed E-state index contributed by atoms with van der Waals surface area (Å²) in [7, 11) is 0. The lowest BCUT2D eigenvalue weighted by Gasteiger charge is -2.19. The highest BCUT2D eigenvalue weighted by Gasteiger charge is 2.39. The van der Waals surface area contributed by atoms with Gasteiger partial charge >= 0.3 is 12.1 Å². The van der Waals surface area contributed by atoms with E-state index in [-0.39, 0.29) is 56.1 Å². The van der Waals surface area contributed by atoms with Gasteiger partial charge in [-0.25, -0.2) is 0 Å². The number of amides is 1. The van der Waals surface area contributed by atoms with E-state index >= 15 is 0 Å². The Hall–Kier alpha value is -5.08. The van der Waals surface area contributed by atoms with Gasteiger partial charge in [0, 0.05) is 48.8 Å². The van der Waals surface area contributed by atoms with E-state index < -0.39 is 41.9 Å². The minimum absolute atomic E-state index is 0.0300. The summed E-state index contributed by atoms with van der Waals surface area (Å²) in [6.07, 6.45) is 5.02. The Morgan fingerprint density at radius 3 is 2.56 bits per heavy atom. The minimum Gasteiger partial charge on any atom is -0.491 e. The number of anilines is 1. The number of esters is 1. The third-order valence-electron chi connectivity index (χ3n) is 9.62. The van der Waals surface area contributed by atoms with Crippen LogP contribution in [0.1, 0.15) is 54.7 Å². The zero-order valence-electron chi connectivity index (χ0n) is 30.1. The SMILES string of the molecule is NCC(C(=O)Nc1ccc2cnccc2c1)c1ccc(COC(=O)CCC/C=C/C[C@@H]2[C@@H](/C=C/[C@@H](O)COc3cccc(C(F)(F)F)c3)[C@H](O)C[C@@H]2O)cc1. The van der Waals surface area contributed by atoms with Crippen LogP contribution >= 0.6 is 0 Å². The van der Waals surface area contributed by atoms with Crippen molar-refractivity contribution in [1.29, 1.82) is 0 Å². The molecule has 1 amide bonds. The lowest BCUT2D eigenvalue weighted by molar-refractivity contribution is -0.145. The molecule has 0 bridgehead atoms. The van der Waals surface area contributed by atoms with Crippen molar-refractivity contribution in [3.05, 3.63) is 126 Å². The molecule has 1 saturated carbocycles. The Morgan fingerprint density at radius 1 is 1.00 bits per heavy atom. The molecule has 4 aromatic rings. The summed E-state index contributed by atoms with van der Waals surface area (Å²) >= 11 is 0. The molecular formula is C42H46F3N3O7. The van der Waals surface area contributed by atoms with Crippen molar-refractivity contribution >= 4 is 28.3 Å². The standard InChI is InChI=1S/C42H46F3N3O7/c43-42(44,45)31-6-5-7-34(21-31)54-26-33(49)16-17-36-35(38(50)22-39(36)51)8-3-1-2-4-9-40(52)55-25-27-10-12-28(13-11-27)37(23-46)41(53)48-32-15-14-30-24-47-19-18-29(30)20-32/h1,3,5-7,10-21,24,33,35-39,49-51H,2,4,8-9,22-23,25-26,46H2,(H,48,53)/b3-1+,17-16+/t33-,35-,36-,37?,38+,39-/m1/s1. The van der Waals surface area contributed by atoms with Crippen LogP contribution in [-0.2, 0) is 27.1 Å². The van der Waals surface area contributed by atoms with Crippen molar-refractivity contribution in [2.75, 3.05) is 18.5 Å². The van der Waals surface area contributed by atoms with Gasteiger partial charge in [-0.1, -0.05) is 60.7 Å². The Labute approximate surface area is 317 Å². The van der Waals surface area contributed by atoms with E-state index in [0.717, 1.165) is 34.0 Å². The highest BCUT2D eigenvalue weighted by Crippen LogP contribution is 2.36. The number of aliphatic hydroxyl groups is 3. The molecule has 5 rings (SSSR count). The number of nitrogens with one attached hydrogen (secondary N) is 1. The van der Waals surface area contributed by atoms with Crippen LogP contribution in [0.3, 0.4) is 0 Å². The summed E-state index contributed by atoms with van der Waals surface area (Å²) in [5.74, 6) is -1.93. The first kappa shape index (κ1) is 41.1. The molecule has 0 radical (unpaired) electrons. The number of allylic oxidation sites excluding steroid dienone is 2. The monoisotopic (exact) mass is 761 g/mol. The summed E-state index contributed by atoms with van der Waals surface area (Å²) in [6, 6.07) is 19.1. The van der Waals surface area contributed by atoms with Gasteiger partial charge in [-0.05, 0) is 78.1 Å². The molecule has 1 heterocycles. The number of carbonyl (C=O) groups is 2. The molecule has 0 spiro atoms. The Balaban J connectivity index is 1.00. The Morgan fingerprint density at radius 2 is 1.80 bits per heavy atom. The summed E-state index contributed by atoms with van der Waals surface area (Å²) in [6.45, 7) is -0.0853. The van der Waals surface area contributed by atoms with Crippen LogP contribution in [0.25, 0.3) is 10.8 Å². The van der Waals surface area contributed by atoms with Gasteiger partial charge in [-0.2, -0.15) is 13.2 Å². The molecule has 0 saturated heterocycles. The molecule has 1 unspecified atom stereocenters. The number of hydrogen-bond donors (Lipinski definition) is 5. The van der Waals surface area contributed by atoms with Crippen molar-refractivity contribution in [3.8, 4) is 5.75 Å². The first-order chi connectivity index (χ1) is 26.4. The number of hydrogen-bond acceptors (Lipinski definition) is 9. The maximum atomic E-state index is 13.1. The Bertz CT molecular complexity index is 1940. The summed E-state index contributed by atoms with van der Waals surface area (Å²) in [5.41, 5.74) is 7.29. The number of unbranched alkanes of at least 4 members (excludes halogenated alkanes) is 1. The number of rotatable bonds is 17. The molecular weight excluding hydrogens is 715 g/mol. The fourth-order valence-electron chi connectivity index (χ4n) is 6.56. The van der Waals surface area contributed by atoms with Gasteiger partial charge in [0.05, 0.1) is 23.7 Å². The number of benzene rings is 3. The first-order valence-electron chi connectivity index (χ1n) is 18.2. The number of carbonyl (C=O) groups excluding carboxylic acids is 2. The smallest absolute Gasteiger partial charge is 0.416 e. The lowest BCUT2D eigenvalue weighted by atomic mass is 9.89. The number of ether oxygens (including phenoxy) is 2. The first-order valence-corrected chi connectivity index (χ1v) is 18.2. The maximum absolute atomic E-state index is 13.1. The van der Waals surface area contributed by atoms with Crippen LogP contribution in [0.4, 0.5) is 18.9 Å². The maximum Gasteiger partial charge on any atom is 0.416 e. The van der Waals surface area contributed by atoms with Gasteiger partial charge in [-0.15, -0.1) is 0 Å². The normalized spacial score (nSPS) is 19.8. The highest BCUT2D eigenvalue weighted by atomic mass is 19.4. The largest absolute Gasteiger partial charge is 0.491 e. The van der Waals surface area contributed by atoms with E-state index in [1.165, 1.54) is 18.2 Å². The number of aliphatic hydroxyl groups excluding tert-OH is 3. The lowest BCUT2D eigenvalue weighted by Crippen LogP contribution is -2.27. The second kappa shape index (κ2) is 19.5. The number of pyridine rings is 1. The van der Waals surface area contributed by atoms with Crippen molar-refractivity contribution in [2.45, 2.75) is 69.1 Å². The molecule has 0 aliphatic heterocycles. The van der Waals surface area contributed by atoms with E-state index in [2.05, 4.69) is 10.3 Å². The molecule has 1 fully saturated rings. The average Bonchev–Trinajstić information content (AvgIpc) is 3.44. The van der Waals surface area contributed by atoms with Crippen LogP contribution in [0.2, 0.25) is 0 Å². The number of aromatic nitrogens is 1. The van der Waals surface area contributed by atoms with Crippen molar-refractivity contribution in [1.82, 2.24) is 4.98 Å². The minimum atomic E-state index is -4.51. The van der Waals surface area contributed by atoms with Crippen LogP contribution in [0, 0.1) is 11.8 Å². The Kier molecular flexibility index (Phi) is 14.6. The number of nitrogens with zero attached hydrogens (tertiary/aromatic N) is 1. The van der Waals surface area contributed by atoms with E-state index in [0.29, 0.717) is 24.9 Å². The van der Waals surface area contributed by atoms with Crippen LogP contribution in [-0.4, -0.2) is 63.6 Å². The predicted octanol–water partition coefficient (Wildman–Crippen LogP) is 6.45. The van der Waals surface area contributed by atoms with Crippen molar-refractivity contribution < 1.29 is 47.6 Å². The van der Waals surface area contributed by atoms with Crippen LogP contribution in [0.15, 0.2) is 109 Å². The number of fused-ring (bicyclic) bond motifs is 1. The molecule has 6 N–H and O–H groups in total. The average molecular weight is 762 g/mol. The molecule has 3 aromatic carbocycles. The van der Waals surface area contributed by atoms with Crippen LogP contribution in [0.5, 0.6) is 5.75 Å². The molecule has 6 atom stereocenters. The van der Waals surface area contributed by atoms with Gasteiger partial charge in [-0.3, -0.25) is 14.6 Å². The second-order valence-electron chi connectivity index (χ2n) is 13.6. The summed E-state index contributed by atoms with van der Waals surface area (Å²) in [4.78, 5) is 29.6. The molecule has 10 nitrogen and oxygen atoms in total. The zero-order chi connectivity index (χ0) is 39.4. The number of alkyl halides is 3. The van der Waals surface area contributed by atoms with E-state index in [1.807, 2.05) is 36.4 Å². The third-order valence-corrected chi connectivity index (χ3v) is 9.62. The fraction of sp³-hybridized carbons (Fsp3) is 0.357. The van der Waals surface area contributed by atoms with Crippen molar-refractivity contribution in [3.63, 3.8) is 0 Å². The highest BCUT2D eigenvalue weighted by molar-refractivity contribution is 5.98. The molecule has 55 heavy (non-hydrogen) atoms. The fourth-order valence-corrected chi connectivity index (χ4v) is 6.56. The number of nitrogens with two attached hydrogens (primary N) is 1. The van der Waals surface area contributed by atoms with E-state index in [4.69, 9.17) is 15.2 Å². The summed E-state index contributed by atoms with van der Waals surface area (Å²) < 4.78 is 49.6. The predicted molar refractivity (Wildman–Crippen MR) is 202 cm³/mol. The van der Waals surface area contributed by atoms with Gasteiger partial charge in [0.2, 0.25) is 5.91 Å². The van der Waals surface area contributed by atoms with E-state index in [9.17, 15) is 38.1 Å². The van der Waals surface area contributed by atoms with Crippen LogP contribution < -0.4 is 15.8 Å². The molecule has 292 valence electrons. The summed E-state index contributed by atoms with van der Waals surface area (Å²) in [5, 5.41) is 36.2. The van der Waals surface area contributed by atoms with Gasteiger partial charge in [0.25, 0.3) is 0 Å². The van der Waals surface area contributed by atoms with Crippen molar-refractivity contribution in [2.24, 2.45) is 17.6 Å². The molecule has 13 heteroatoms. The third kappa shape index (κ3) is 12.0.